The molecule has 0 saturated heterocycles. The van der Waals surface area contributed by atoms with Gasteiger partial charge in [-0.05, 0) is 73.2 Å². The average Bonchev–Trinajstić information content (AvgIpc) is 2.86. The summed E-state index contributed by atoms with van der Waals surface area (Å²) in [7, 11) is -3.72. The maximum atomic E-state index is 12.8. The largest absolute Gasteiger partial charge is 0.322 e. The van der Waals surface area contributed by atoms with Crippen molar-refractivity contribution in [2.45, 2.75) is 11.8 Å². The Kier molecular flexibility index (Phi) is 6.93. The number of benzene rings is 4. The summed E-state index contributed by atoms with van der Waals surface area (Å²) in [6, 6.07) is 28.3. The molecule has 0 aliphatic rings. The SMILES string of the molecule is Cc1c(NC(=O)c2ccc(NS(=O)(=O)c3ccccc3)cc2)cccc1C(=O)Nc1ccccc1. The molecule has 0 radical (unpaired) electrons. The van der Waals surface area contributed by atoms with Crippen LogP contribution >= 0.6 is 0 Å². The number of carbonyl (C=O) groups excluding carboxylic acids is 2. The highest BCUT2D eigenvalue weighted by Crippen LogP contribution is 2.22. The molecule has 0 fully saturated rings. The molecular weight excluding hydrogens is 462 g/mol. The van der Waals surface area contributed by atoms with Crippen LogP contribution in [0.1, 0.15) is 26.3 Å². The van der Waals surface area contributed by atoms with E-state index in [2.05, 4.69) is 15.4 Å². The van der Waals surface area contributed by atoms with Gasteiger partial charge in [0.2, 0.25) is 0 Å². The van der Waals surface area contributed by atoms with Gasteiger partial charge in [-0.3, -0.25) is 14.3 Å². The van der Waals surface area contributed by atoms with Crippen LogP contribution in [-0.4, -0.2) is 20.2 Å². The summed E-state index contributed by atoms with van der Waals surface area (Å²) in [5, 5.41) is 5.66. The molecule has 3 N–H and O–H groups in total. The number of sulfonamides is 1. The van der Waals surface area contributed by atoms with Crippen LogP contribution < -0.4 is 15.4 Å². The molecule has 4 aromatic carbocycles. The molecule has 0 aromatic heterocycles. The first-order valence-electron chi connectivity index (χ1n) is 10.8. The van der Waals surface area contributed by atoms with Gasteiger partial charge in [-0.2, -0.15) is 0 Å². The van der Waals surface area contributed by atoms with Crippen molar-refractivity contribution in [2.24, 2.45) is 0 Å². The topological polar surface area (TPSA) is 104 Å². The van der Waals surface area contributed by atoms with Crippen molar-refractivity contribution in [3.8, 4) is 0 Å². The number of anilines is 3. The minimum atomic E-state index is -3.72. The van der Waals surface area contributed by atoms with Crippen LogP contribution in [0.25, 0.3) is 0 Å². The fraction of sp³-hybridized carbons (Fsp3) is 0.0370. The molecule has 2 amide bonds. The third kappa shape index (κ3) is 5.74. The molecule has 0 atom stereocenters. The number of rotatable bonds is 7. The van der Waals surface area contributed by atoms with Crippen LogP contribution in [0.3, 0.4) is 0 Å². The molecule has 35 heavy (non-hydrogen) atoms. The van der Waals surface area contributed by atoms with E-state index in [0.29, 0.717) is 33.8 Å². The average molecular weight is 486 g/mol. The zero-order valence-corrected chi connectivity index (χ0v) is 19.7. The van der Waals surface area contributed by atoms with Gasteiger partial charge >= 0.3 is 0 Å². The van der Waals surface area contributed by atoms with Gasteiger partial charge in [0.1, 0.15) is 0 Å². The Labute approximate surface area is 203 Å². The van der Waals surface area contributed by atoms with Gasteiger partial charge in [0.05, 0.1) is 4.90 Å². The van der Waals surface area contributed by atoms with Crippen LogP contribution in [0.15, 0.2) is 108 Å². The van der Waals surface area contributed by atoms with Gasteiger partial charge in [-0.25, -0.2) is 8.42 Å². The Morgan fingerprint density at radius 3 is 1.91 bits per heavy atom. The lowest BCUT2D eigenvalue weighted by Crippen LogP contribution is -2.17. The van der Waals surface area contributed by atoms with Crippen LogP contribution in [-0.2, 0) is 10.0 Å². The summed E-state index contributed by atoms with van der Waals surface area (Å²) in [5.74, 6) is -0.661. The molecule has 8 heteroatoms. The molecular formula is C27H23N3O4S. The summed E-state index contributed by atoms with van der Waals surface area (Å²) in [5.41, 5.74) is 2.92. The van der Waals surface area contributed by atoms with Crippen molar-refractivity contribution in [1.29, 1.82) is 0 Å². The Balaban J connectivity index is 1.45. The van der Waals surface area contributed by atoms with E-state index in [9.17, 15) is 18.0 Å². The number of hydrogen-bond acceptors (Lipinski definition) is 4. The molecule has 0 unspecified atom stereocenters. The predicted octanol–water partition coefficient (Wildman–Crippen LogP) is 5.30. The molecule has 0 spiro atoms. The van der Waals surface area contributed by atoms with E-state index in [1.807, 2.05) is 18.2 Å². The Morgan fingerprint density at radius 2 is 1.26 bits per heavy atom. The summed E-state index contributed by atoms with van der Waals surface area (Å²) in [6.07, 6.45) is 0. The van der Waals surface area contributed by atoms with E-state index in [1.165, 1.54) is 36.4 Å². The molecule has 4 rings (SSSR count). The number of para-hydroxylation sites is 1. The van der Waals surface area contributed by atoms with E-state index in [1.54, 1.807) is 55.5 Å². The summed E-state index contributed by atoms with van der Waals surface area (Å²) in [4.78, 5) is 25.7. The fourth-order valence-corrected chi connectivity index (χ4v) is 4.51. The normalized spacial score (nSPS) is 10.9. The molecule has 0 aliphatic carbocycles. The first kappa shape index (κ1) is 23.7. The first-order valence-corrected chi connectivity index (χ1v) is 12.3. The van der Waals surface area contributed by atoms with Crippen LogP contribution in [0.2, 0.25) is 0 Å². The number of carbonyl (C=O) groups is 2. The summed E-state index contributed by atoms with van der Waals surface area (Å²) >= 11 is 0. The van der Waals surface area contributed by atoms with Crippen molar-refractivity contribution in [3.63, 3.8) is 0 Å². The van der Waals surface area contributed by atoms with Crippen molar-refractivity contribution >= 4 is 38.9 Å². The highest BCUT2D eigenvalue weighted by atomic mass is 32.2. The van der Waals surface area contributed by atoms with Crippen LogP contribution in [0.4, 0.5) is 17.1 Å². The van der Waals surface area contributed by atoms with Crippen molar-refractivity contribution in [3.05, 3.63) is 120 Å². The molecule has 0 bridgehead atoms. The second-order valence-electron chi connectivity index (χ2n) is 7.75. The van der Waals surface area contributed by atoms with E-state index in [0.717, 1.165) is 0 Å². The minimum absolute atomic E-state index is 0.147. The maximum absolute atomic E-state index is 12.8. The third-order valence-corrected chi connectivity index (χ3v) is 6.71. The summed E-state index contributed by atoms with van der Waals surface area (Å²) < 4.78 is 27.5. The van der Waals surface area contributed by atoms with Crippen molar-refractivity contribution in [1.82, 2.24) is 0 Å². The van der Waals surface area contributed by atoms with Crippen LogP contribution in [0, 0.1) is 6.92 Å². The highest BCUT2D eigenvalue weighted by molar-refractivity contribution is 7.92. The van der Waals surface area contributed by atoms with Crippen molar-refractivity contribution in [2.75, 3.05) is 15.4 Å². The smallest absolute Gasteiger partial charge is 0.261 e. The van der Waals surface area contributed by atoms with E-state index in [4.69, 9.17) is 0 Å². The van der Waals surface area contributed by atoms with Gasteiger partial charge in [0, 0.05) is 28.2 Å². The molecule has 0 aliphatic heterocycles. The standard InChI is InChI=1S/C27H23N3O4S/c1-19-24(27(32)28-21-9-4-2-5-10-21)13-8-14-25(19)29-26(31)20-15-17-22(18-16-20)30-35(33,34)23-11-6-3-7-12-23/h2-18,30H,1H3,(H,28,32)(H,29,31). The second-order valence-corrected chi connectivity index (χ2v) is 9.43. The zero-order chi connectivity index (χ0) is 24.8. The van der Waals surface area contributed by atoms with Crippen LogP contribution in [0.5, 0.6) is 0 Å². The van der Waals surface area contributed by atoms with Gasteiger partial charge in [0.25, 0.3) is 21.8 Å². The molecule has 7 nitrogen and oxygen atoms in total. The van der Waals surface area contributed by atoms with Gasteiger partial charge in [-0.1, -0.05) is 42.5 Å². The number of nitrogens with one attached hydrogen (secondary N) is 3. The quantitative estimate of drug-likeness (QED) is 0.330. The highest BCUT2D eigenvalue weighted by Gasteiger charge is 2.16. The molecule has 4 aromatic rings. The molecule has 176 valence electrons. The second kappa shape index (κ2) is 10.2. The minimum Gasteiger partial charge on any atom is -0.322 e. The van der Waals surface area contributed by atoms with Crippen molar-refractivity contribution < 1.29 is 18.0 Å². The lowest BCUT2D eigenvalue weighted by Gasteiger charge is -2.13. The van der Waals surface area contributed by atoms with E-state index < -0.39 is 10.0 Å². The lowest BCUT2D eigenvalue weighted by atomic mass is 10.1. The maximum Gasteiger partial charge on any atom is 0.261 e. The lowest BCUT2D eigenvalue weighted by molar-refractivity contribution is 0.101. The molecule has 0 saturated carbocycles. The monoisotopic (exact) mass is 485 g/mol. The van der Waals surface area contributed by atoms with E-state index in [-0.39, 0.29) is 16.7 Å². The first-order chi connectivity index (χ1) is 16.8. The fourth-order valence-electron chi connectivity index (χ4n) is 3.43. The number of amides is 2. The Morgan fingerprint density at radius 1 is 0.629 bits per heavy atom. The Bertz CT molecular complexity index is 1450. The third-order valence-electron chi connectivity index (χ3n) is 5.31. The van der Waals surface area contributed by atoms with E-state index >= 15 is 0 Å². The molecule has 0 heterocycles. The number of hydrogen-bond donors (Lipinski definition) is 3. The Hall–Kier alpha value is -4.43. The van der Waals surface area contributed by atoms with Gasteiger partial charge in [-0.15, -0.1) is 0 Å². The summed E-state index contributed by atoms with van der Waals surface area (Å²) in [6.45, 7) is 1.76. The van der Waals surface area contributed by atoms with Gasteiger partial charge < -0.3 is 10.6 Å². The predicted molar refractivity (Wildman–Crippen MR) is 137 cm³/mol. The van der Waals surface area contributed by atoms with Gasteiger partial charge in [0.15, 0.2) is 0 Å². The zero-order valence-electron chi connectivity index (χ0n) is 18.9.